The molecule has 0 saturated carbocycles. The lowest BCUT2D eigenvalue weighted by molar-refractivity contribution is 0.277. The number of aromatic amines is 1. The van der Waals surface area contributed by atoms with Crippen molar-refractivity contribution in [1.29, 1.82) is 0 Å². The second-order valence-corrected chi connectivity index (χ2v) is 6.43. The molecule has 9 heteroatoms. The first-order valence-corrected chi connectivity index (χ1v) is 8.03. The van der Waals surface area contributed by atoms with Crippen molar-refractivity contribution in [1.82, 2.24) is 24.7 Å². The Morgan fingerprint density at radius 3 is 2.81 bits per heavy atom. The standard InChI is InChI=1S/C12H19N5O3S/c1-4-11-9(6-17(3)16-11)5-13-21(19,20)12-10(7-18)8(2)14-15-12/h6,13,18H,4-5,7H2,1-3H3,(H,14,15). The highest BCUT2D eigenvalue weighted by Crippen LogP contribution is 2.16. The van der Waals surface area contributed by atoms with Gasteiger partial charge in [-0.05, 0) is 13.3 Å². The highest BCUT2D eigenvalue weighted by Gasteiger charge is 2.23. The largest absolute Gasteiger partial charge is 0.392 e. The summed E-state index contributed by atoms with van der Waals surface area (Å²) in [6, 6.07) is 0. The predicted octanol–water partition coefficient (Wildman–Crippen LogP) is -0.0152. The van der Waals surface area contributed by atoms with Gasteiger partial charge in [0.1, 0.15) is 0 Å². The fraction of sp³-hybridized carbons (Fsp3) is 0.500. The third kappa shape index (κ3) is 3.14. The first-order valence-electron chi connectivity index (χ1n) is 6.54. The molecular formula is C12H19N5O3S. The Bertz CT molecular complexity index is 732. The zero-order valence-electron chi connectivity index (χ0n) is 12.2. The second kappa shape index (κ2) is 5.96. The molecule has 0 unspecified atom stereocenters. The Morgan fingerprint density at radius 2 is 2.19 bits per heavy atom. The van der Waals surface area contributed by atoms with Crippen molar-refractivity contribution >= 4 is 10.0 Å². The minimum Gasteiger partial charge on any atom is -0.392 e. The molecule has 0 radical (unpaired) electrons. The van der Waals surface area contributed by atoms with Gasteiger partial charge in [-0.1, -0.05) is 6.92 Å². The molecule has 0 saturated heterocycles. The van der Waals surface area contributed by atoms with Crippen molar-refractivity contribution in [3.63, 3.8) is 0 Å². The summed E-state index contributed by atoms with van der Waals surface area (Å²) >= 11 is 0. The van der Waals surface area contributed by atoms with Crippen LogP contribution in [0.25, 0.3) is 0 Å². The quantitative estimate of drug-likeness (QED) is 0.694. The van der Waals surface area contributed by atoms with E-state index in [1.807, 2.05) is 6.92 Å². The fourth-order valence-electron chi connectivity index (χ4n) is 2.11. The van der Waals surface area contributed by atoms with Crippen LogP contribution in [-0.4, -0.2) is 33.5 Å². The lowest BCUT2D eigenvalue weighted by atomic mass is 10.2. The van der Waals surface area contributed by atoms with Gasteiger partial charge in [-0.25, -0.2) is 13.1 Å². The third-order valence-corrected chi connectivity index (χ3v) is 4.60. The van der Waals surface area contributed by atoms with E-state index in [-0.39, 0.29) is 23.7 Å². The van der Waals surface area contributed by atoms with Gasteiger partial charge in [-0.2, -0.15) is 10.2 Å². The minimum atomic E-state index is -3.79. The number of hydrogen-bond acceptors (Lipinski definition) is 5. The van der Waals surface area contributed by atoms with E-state index < -0.39 is 10.0 Å². The van der Waals surface area contributed by atoms with E-state index in [0.29, 0.717) is 5.69 Å². The average Bonchev–Trinajstić information content (AvgIpc) is 2.99. The Labute approximate surface area is 123 Å². The summed E-state index contributed by atoms with van der Waals surface area (Å²) in [6.45, 7) is 3.37. The normalized spacial score (nSPS) is 12.0. The van der Waals surface area contributed by atoms with Gasteiger partial charge in [0, 0.05) is 36.6 Å². The van der Waals surface area contributed by atoms with Crippen LogP contribution in [0.5, 0.6) is 0 Å². The van der Waals surface area contributed by atoms with Gasteiger partial charge in [-0.3, -0.25) is 9.78 Å². The van der Waals surface area contributed by atoms with Crippen LogP contribution in [0.1, 0.15) is 29.4 Å². The molecule has 116 valence electrons. The number of aliphatic hydroxyl groups is 1. The van der Waals surface area contributed by atoms with Crippen molar-refractivity contribution in [2.75, 3.05) is 0 Å². The van der Waals surface area contributed by atoms with Crippen LogP contribution in [0.4, 0.5) is 0 Å². The maximum Gasteiger partial charge on any atom is 0.260 e. The van der Waals surface area contributed by atoms with Gasteiger partial charge in [0.05, 0.1) is 12.3 Å². The van der Waals surface area contributed by atoms with Crippen molar-refractivity contribution in [3.8, 4) is 0 Å². The number of nitrogens with zero attached hydrogens (tertiary/aromatic N) is 3. The first kappa shape index (κ1) is 15.7. The van der Waals surface area contributed by atoms with Crippen molar-refractivity contribution in [3.05, 3.63) is 28.7 Å². The van der Waals surface area contributed by atoms with Gasteiger partial charge >= 0.3 is 0 Å². The Kier molecular flexibility index (Phi) is 4.45. The smallest absolute Gasteiger partial charge is 0.260 e. The van der Waals surface area contributed by atoms with E-state index in [1.54, 1.807) is 24.9 Å². The number of hydrogen-bond donors (Lipinski definition) is 3. The maximum absolute atomic E-state index is 12.3. The van der Waals surface area contributed by atoms with Gasteiger partial charge in [0.15, 0.2) is 5.03 Å². The monoisotopic (exact) mass is 313 g/mol. The minimum absolute atomic E-state index is 0.135. The molecule has 2 rings (SSSR count). The van der Waals surface area contributed by atoms with Crippen LogP contribution >= 0.6 is 0 Å². The van der Waals surface area contributed by atoms with Crippen LogP contribution in [-0.2, 0) is 36.6 Å². The Morgan fingerprint density at radius 1 is 1.48 bits per heavy atom. The Hall–Kier alpha value is -1.71. The number of rotatable bonds is 6. The summed E-state index contributed by atoms with van der Waals surface area (Å²) in [5.41, 5.74) is 2.49. The van der Waals surface area contributed by atoms with Gasteiger partial charge in [0.25, 0.3) is 10.0 Å². The van der Waals surface area contributed by atoms with Crippen LogP contribution in [0.3, 0.4) is 0 Å². The molecule has 0 fully saturated rings. The molecule has 3 N–H and O–H groups in total. The molecule has 0 atom stereocenters. The van der Waals surface area contributed by atoms with Crippen LogP contribution in [0.15, 0.2) is 11.2 Å². The third-order valence-electron chi connectivity index (χ3n) is 3.23. The number of aromatic nitrogens is 4. The lowest BCUT2D eigenvalue weighted by Crippen LogP contribution is -2.25. The maximum atomic E-state index is 12.3. The highest BCUT2D eigenvalue weighted by atomic mass is 32.2. The van der Waals surface area contributed by atoms with Gasteiger partial charge in [-0.15, -0.1) is 0 Å². The molecule has 0 spiro atoms. The van der Waals surface area contributed by atoms with E-state index in [2.05, 4.69) is 20.0 Å². The molecule has 0 aliphatic heterocycles. The van der Waals surface area contributed by atoms with Crippen molar-refractivity contribution in [2.45, 2.75) is 38.4 Å². The number of aryl methyl sites for hydroxylation is 3. The van der Waals surface area contributed by atoms with E-state index in [1.165, 1.54) is 0 Å². The molecule has 2 heterocycles. The van der Waals surface area contributed by atoms with Gasteiger partial charge in [0.2, 0.25) is 0 Å². The second-order valence-electron chi connectivity index (χ2n) is 4.74. The van der Waals surface area contributed by atoms with Crippen molar-refractivity contribution < 1.29 is 13.5 Å². The number of aliphatic hydroxyl groups excluding tert-OH is 1. The van der Waals surface area contributed by atoms with Gasteiger partial charge < -0.3 is 5.11 Å². The average molecular weight is 313 g/mol. The van der Waals surface area contributed by atoms with Crippen LogP contribution < -0.4 is 4.72 Å². The molecule has 21 heavy (non-hydrogen) atoms. The fourth-order valence-corrected chi connectivity index (χ4v) is 3.30. The van der Waals surface area contributed by atoms with Crippen molar-refractivity contribution in [2.24, 2.45) is 7.05 Å². The summed E-state index contributed by atoms with van der Waals surface area (Å²) < 4.78 is 28.7. The first-order chi connectivity index (χ1) is 9.89. The topological polar surface area (TPSA) is 113 Å². The summed E-state index contributed by atoms with van der Waals surface area (Å²) in [6.07, 6.45) is 2.51. The molecule has 0 amide bonds. The molecule has 0 aromatic carbocycles. The summed E-state index contributed by atoms with van der Waals surface area (Å²) in [5, 5.41) is 19.7. The molecule has 2 aromatic heterocycles. The molecule has 0 bridgehead atoms. The summed E-state index contributed by atoms with van der Waals surface area (Å²) in [5.74, 6) is 0. The predicted molar refractivity (Wildman–Crippen MR) is 75.9 cm³/mol. The summed E-state index contributed by atoms with van der Waals surface area (Å²) in [4.78, 5) is 0. The SMILES string of the molecule is CCc1nn(C)cc1CNS(=O)(=O)c1n[nH]c(C)c1CO. The van der Waals surface area contributed by atoms with Crippen LogP contribution in [0.2, 0.25) is 0 Å². The number of H-pyrrole nitrogens is 1. The number of nitrogens with one attached hydrogen (secondary N) is 2. The molecule has 2 aromatic rings. The zero-order chi connectivity index (χ0) is 15.6. The molecule has 0 aliphatic rings. The van der Waals surface area contributed by atoms with Crippen LogP contribution in [0, 0.1) is 6.92 Å². The number of sulfonamides is 1. The lowest BCUT2D eigenvalue weighted by Gasteiger charge is -2.05. The zero-order valence-corrected chi connectivity index (χ0v) is 13.0. The Balaban J connectivity index is 2.21. The summed E-state index contributed by atoms with van der Waals surface area (Å²) in [7, 11) is -2.00. The molecule has 8 nitrogen and oxygen atoms in total. The van der Waals surface area contributed by atoms with E-state index in [0.717, 1.165) is 17.7 Å². The highest BCUT2D eigenvalue weighted by molar-refractivity contribution is 7.89. The molecular weight excluding hydrogens is 294 g/mol. The van der Waals surface area contributed by atoms with E-state index in [4.69, 9.17) is 0 Å². The van der Waals surface area contributed by atoms with E-state index >= 15 is 0 Å². The molecule has 0 aliphatic carbocycles. The van der Waals surface area contributed by atoms with E-state index in [9.17, 15) is 13.5 Å².